The van der Waals surface area contributed by atoms with Gasteiger partial charge >= 0.3 is 0 Å². The van der Waals surface area contributed by atoms with E-state index in [-0.39, 0.29) is 24.0 Å². The van der Waals surface area contributed by atoms with Gasteiger partial charge in [-0.1, -0.05) is 0 Å². The van der Waals surface area contributed by atoms with Crippen LogP contribution in [0.3, 0.4) is 0 Å². The lowest BCUT2D eigenvalue weighted by atomic mass is 10.2. The third-order valence-electron chi connectivity index (χ3n) is 3.48. The highest BCUT2D eigenvalue weighted by Gasteiger charge is 2.23. The minimum atomic E-state index is -0.583. The summed E-state index contributed by atoms with van der Waals surface area (Å²) in [6.45, 7) is 9.66. The Morgan fingerprint density at radius 1 is 1.43 bits per heavy atom. The molecule has 2 N–H and O–H groups in total. The van der Waals surface area contributed by atoms with E-state index >= 15 is 0 Å². The van der Waals surface area contributed by atoms with E-state index in [9.17, 15) is 9.59 Å². The normalized spacial score (nSPS) is 23.3. The molecule has 23 heavy (non-hydrogen) atoms. The molecule has 0 saturated carbocycles. The van der Waals surface area contributed by atoms with Gasteiger partial charge in [0.1, 0.15) is 6.04 Å². The number of aromatic nitrogens is 1. The van der Waals surface area contributed by atoms with E-state index in [2.05, 4.69) is 34.4 Å². The highest BCUT2D eigenvalue weighted by atomic mass is 32.1. The third-order valence-corrected chi connectivity index (χ3v) is 4.28. The second-order valence-corrected chi connectivity index (χ2v) is 6.86. The van der Waals surface area contributed by atoms with Gasteiger partial charge in [-0.15, -0.1) is 11.3 Å². The lowest BCUT2D eigenvalue weighted by molar-refractivity contribution is -0.124. The molecule has 7 nitrogen and oxygen atoms in total. The minimum absolute atomic E-state index is 0.218. The maximum Gasteiger partial charge on any atom is 0.248 e. The van der Waals surface area contributed by atoms with Crippen LogP contribution in [0, 0.1) is 0 Å². The summed E-state index contributed by atoms with van der Waals surface area (Å²) in [7, 11) is 0. The molecule has 1 aromatic rings. The Balaban J connectivity index is 1.88. The van der Waals surface area contributed by atoms with Gasteiger partial charge < -0.3 is 15.4 Å². The van der Waals surface area contributed by atoms with Crippen LogP contribution < -0.4 is 10.6 Å². The first-order chi connectivity index (χ1) is 10.8. The molecule has 1 aliphatic heterocycles. The van der Waals surface area contributed by atoms with E-state index in [1.165, 1.54) is 18.3 Å². The van der Waals surface area contributed by atoms with Gasteiger partial charge in [0.25, 0.3) is 0 Å². The fourth-order valence-corrected chi connectivity index (χ4v) is 3.37. The van der Waals surface area contributed by atoms with E-state index in [1.54, 1.807) is 6.92 Å². The van der Waals surface area contributed by atoms with Gasteiger partial charge in [0.15, 0.2) is 5.13 Å². The van der Waals surface area contributed by atoms with E-state index in [1.807, 2.05) is 5.38 Å². The molecule has 1 fully saturated rings. The molecule has 128 valence electrons. The fraction of sp³-hybridized carbons (Fsp3) is 0.667. The first-order valence-corrected chi connectivity index (χ1v) is 8.61. The molecule has 1 saturated heterocycles. The summed E-state index contributed by atoms with van der Waals surface area (Å²) in [6.07, 6.45) is 0.435. The molecule has 2 heterocycles. The summed E-state index contributed by atoms with van der Waals surface area (Å²) in [5, 5.41) is 7.78. The maximum atomic E-state index is 11.9. The minimum Gasteiger partial charge on any atom is -0.373 e. The van der Waals surface area contributed by atoms with E-state index in [0.29, 0.717) is 5.13 Å². The van der Waals surface area contributed by atoms with Gasteiger partial charge in [0, 0.05) is 31.9 Å². The van der Waals surface area contributed by atoms with Crippen molar-refractivity contribution in [3.05, 3.63) is 11.1 Å². The smallest absolute Gasteiger partial charge is 0.248 e. The first kappa shape index (κ1) is 17.8. The van der Waals surface area contributed by atoms with Crippen molar-refractivity contribution >= 4 is 28.3 Å². The van der Waals surface area contributed by atoms with Crippen LogP contribution in [-0.2, 0) is 20.9 Å². The molecule has 8 heteroatoms. The molecular formula is C15H24N4O3S. The average Bonchev–Trinajstić information content (AvgIpc) is 2.83. The van der Waals surface area contributed by atoms with Crippen molar-refractivity contribution in [1.82, 2.24) is 15.2 Å². The van der Waals surface area contributed by atoms with Crippen LogP contribution in [0.4, 0.5) is 5.13 Å². The highest BCUT2D eigenvalue weighted by Crippen LogP contribution is 2.19. The molecule has 0 spiro atoms. The number of anilines is 1. The largest absolute Gasteiger partial charge is 0.373 e. The van der Waals surface area contributed by atoms with Gasteiger partial charge in [0.05, 0.1) is 17.9 Å². The third kappa shape index (κ3) is 5.56. The Labute approximate surface area is 140 Å². The lowest BCUT2D eigenvalue weighted by Crippen LogP contribution is -2.44. The molecule has 1 aromatic heterocycles. The lowest BCUT2D eigenvalue weighted by Gasteiger charge is -2.34. The van der Waals surface area contributed by atoms with E-state index in [0.717, 1.165) is 25.3 Å². The Morgan fingerprint density at radius 2 is 2.09 bits per heavy atom. The van der Waals surface area contributed by atoms with Crippen molar-refractivity contribution < 1.29 is 14.3 Å². The second-order valence-electron chi connectivity index (χ2n) is 6.01. The monoisotopic (exact) mass is 340 g/mol. The molecule has 0 aliphatic carbocycles. The Bertz CT molecular complexity index is 553. The topological polar surface area (TPSA) is 83.6 Å². The maximum absolute atomic E-state index is 11.9. The summed E-state index contributed by atoms with van der Waals surface area (Å²) >= 11 is 1.39. The van der Waals surface area contributed by atoms with Crippen molar-refractivity contribution in [3.8, 4) is 0 Å². The second kappa shape index (κ2) is 7.85. The van der Waals surface area contributed by atoms with Crippen LogP contribution in [0.2, 0.25) is 0 Å². The molecule has 3 atom stereocenters. The number of morpholine rings is 1. The van der Waals surface area contributed by atoms with Crippen molar-refractivity contribution in [2.75, 3.05) is 18.4 Å². The van der Waals surface area contributed by atoms with Crippen LogP contribution in [0.5, 0.6) is 0 Å². The van der Waals surface area contributed by atoms with Crippen LogP contribution in [0.15, 0.2) is 5.38 Å². The number of nitrogens with zero attached hydrogens (tertiary/aromatic N) is 2. The van der Waals surface area contributed by atoms with Crippen molar-refractivity contribution in [3.63, 3.8) is 0 Å². The molecule has 2 rings (SSSR count). The zero-order chi connectivity index (χ0) is 17.0. The number of rotatable bonds is 5. The summed E-state index contributed by atoms with van der Waals surface area (Å²) < 4.78 is 5.72. The average molecular weight is 340 g/mol. The first-order valence-electron chi connectivity index (χ1n) is 7.73. The zero-order valence-electron chi connectivity index (χ0n) is 14.0. The standard InChI is InChI=1S/C15H24N4O3S/c1-9-5-19(6-10(2)22-9)7-13-8-23-15(17-13)18-14(21)11(3)16-12(4)20/h8-11H,5-7H2,1-4H3,(H,16,20)(H,17,18,21). The number of thiazole rings is 1. The summed E-state index contributed by atoms with van der Waals surface area (Å²) in [6, 6.07) is -0.583. The molecule has 0 bridgehead atoms. The Kier molecular flexibility index (Phi) is 6.09. The van der Waals surface area contributed by atoms with Gasteiger partial charge in [-0.2, -0.15) is 0 Å². The van der Waals surface area contributed by atoms with Crippen LogP contribution >= 0.6 is 11.3 Å². The quantitative estimate of drug-likeness (QED) is 0.842. The molecule has 2 amide bonds. The molecule has 3 unspecified atom stereocenters. The predicted molar refractivity (Wildman–Crippen MR) is 89.3 cm³/mol. The number of carbonyl (C=O) groups is 2. The summed E-state index contributed by atoms with van der Waals surface area (Å²) in [5.74, 6) is -0.502. The fourth-order valence-electron chi connectivity index (χ4n) is 2.66. The van der Waals surface area contributed by atoms with Gasteiger partial charge in [-0.05, 0) is 20.8 Å². The number of nitrogens with one attached hydrogen (secondary N) is 2. The number of hydrogen-bond donors (Lipinski definition) is 2. The van der Waals surface area contributed by atoms with E-state index in [4.69, 9.17) is 4.74 Å². The van der Waals surface area contributed by atoms with Crippen LogP contribution in [0.1, 0.15) is 33.4 Å². The van der Waals surface area contributed by atoms with Crippen molar-refractivity contribution in [2.24, 2.45) is 0 Å². The zero-order valence-corrected chi connectivity index (χ0v) is 14.8. The summed E-state index contributed by atoms with van der Waals surface area (Å²) in [4.78, 5) is 29.7. The van der Waals surface area contributed by atoms with Gasteiger partial charge in [-0.25, -0.2) is 4.98 Å². The van der Waals surface area contributed by atoms with Gasteiger partial charge in [0.2, 0.25) is 11.8 Å². The van der Waals surface area contributed by atoms with Gasteiger partial charge in [-0.3, -0.25) is 14.5 Å². The number of hydrogen-bond acceptors (Lipinski definition) is 6. The Morgan fingerprint density at radius 3 is 2.70 bits per heavy atom. The number of ether oxygens (including phenoxy) is 1. The number of carbonyl (C=O) groups excluding carboxylic acids is 2. The molecular weight excluding hydrogens is 316 g/mol. The molecule has 0 radical (unpaired) electrons. The van der Waals surface area contributed by atoms with Crippen LogP contribution in [0.25, 0.3) is 0 Å². The highest BCUT2D eigenvalue weighted by molar-refractivity contribution is 7.13. The van der Waals surface area contributed by atoms with Crippen molar-refractivity contribution in [1.29, 1.82) is 0 Å². The Hall–Kier alpha value is -1.51. The molecule has 1 aliphatic rings. The van der Waals surface area contributed by atoms with Crippen molar-refractivity contribution in [2.45, 2.75) is 52.5 Å². The van der Waals surface area contributed by atoms with E-state index < -0.39 is 6.04 Å². The molecule has 0 aromatic carbocycles. The summed E-state index contributed by atoms with van der Waals surface area (Å²) in [5.41, 5.74) is 0.929. The SMILES string of the molecule is CC(=O)NC(C)C(=O)Nc1nc(CN2CC(C)OC(C)C2)cs1. The predicted octanol–water partition coefficient (Wildman–Crippen LogP) is 1.22. The van der Waals surface area contributed by atoms with Crippen LogP contribution in [-0.4, -0.2) is 53.0 Å². The number of amides is 2.